The number of hydrogen-bond donors (Lipinski definition) is 3. The van der Waals surface area contributed by atoms with Crippen molar-refractivity contribution in [3.05, 3.63) is 28.8 Å². The third kappa shape index (κ3) is 2.93. The number of fused-ring (bicyclic) bond motifs is 1. The lowest BCUT2D eigenvalue weighted by Crippen LogP contribution is -2.70. The molecule has 0 bridgehead atoms. The monoisotopic (exact) mass is 353 g/mol. The number of nitrogens with one attached hydrogen (secondary N) is 2. The molecule has 2 atom stereocenters. The average molecular weight is 353 g/mol. The minimum Gasteiger partial charge on any atom is -0.477 e. The summed E-state index contributed by atoms with van der Waals surface area (Å²) < 4.78 is 0. The summed E-state index contributed by atoms with van der Waals surface area (Å²) in [5, 5.41) is 17.3. The van der Waals surface area contributed by atoms with E-state index in [1.54, 1.807) is 6.92 Å². The Morgan fingerprint density at radius 1 is 1.48 bits per heavy atom. The maximum Gasteiger partial charge on any atom is 0.352 e. The van der Waals surface area contributed by atoms with Crippen LogP contribution in [0.25, 0.3) is 0 Å². The van der Waals surface area contributed by atoms with Gasteiger partial charge < -0.3 is 15.7 Å². The Balaban J connectivity index is 1.60. The van der Waals surface area contributed by atoms with Gasteiger partial charge in [0.25, 0.3) is 5.91 Å². The number of hydrogen-bond acceptors (Lipinski definition) is 6. The van der Waals surface area contributed by atoms with Gasteiger partial charge in [-0.3, -0.25) is 14.5 Å². The van der Waals surface area contributed by atoms with Gasteiger partial charge in [-0.15, -0.1) is 23.1 Å². The van der Waals surface area contributed by atoms with Gasteiger partial charge in [0, 0.05) is 5.75 Å². The van der Waals surface area contributed by atoms with Crippen molar-refractivity contribution in [1.29, 1.82) is 0 Å². The first-order chi connectivity index (χ1) is 11.0. The molecule has 2 aliphatic rings. The zero-order chi connectivity index (χ0) is 16.6. The number of thiophene rings is 1. The van der Waals surface area contributed by atoms with Gasteiger partial charge in [0.15, 0.2) is 0 Å². The van der Waals surface area contributed by atoms with Gasteiger partial charge in [-0.1, -0.05) is 0 Å². The molecule has 9 heteroatoms. The first-order valence-electron chi connectivity index (χ1n) is 6.93. The Labute approximate surface area is 140 Å². The SMILES string of the molecule is CC1=C(C(=O)O)N2C(=O)[C@@H](NC(=O)CNc3cccs3)[C@H]2SC1. The van der Waals surface area contributed by atoms with E-state index >= 15 is 0 Å². The Morgan fingerprint density at radius 3 is 2.91 bits per heavy atom. The number of thioether (sulfide) groups is 1. The van der Waals surface area contributed by atoms with E-state index in [-0.39, 0.29) is 29.4 Å². The first-order valence-corrected chi connectivity index (χ1v) is 8.86. The number of amides is 2. The molecule has 1 fully saturated rings. The number of nitrogens with zero attached hydrogens (tertiary/aromatic N) is 1. The van der Waals surface area contributed by atoms with Crippen LogP contribution < -0.4 is 10.6 Å². The Bertz CT molecular complexity index is 686. The number of β-lactam (4-membered cyclic amide) rings is 1. The Hall–Kier alpha value is -2.00. The van der Waals surface area contributed by atoms with Crippen LogP contribution in [0, 0.1) is 0 Å². The Kier molecular flexibility index (Phi) is 4.31. The molecule has 3 heterocycles. The second-order valence-corrected chi connectivity index (χ2v) is 7.27. The molecule has 2 aliphatic heterocycles. The van der Waals surface area contributed by atoms with Crippen molar-refractivity contribution in [2.45, 2.75) is 18.3 Å². The largest absolute Gasteiger partial charge is 0.477 e. The molecule has 0 radical (unpaired) electrons. The second-order valence-electron chi connectivity index (χ2n) is 5.22. The van der Waals surface area contributed by atoms with Crippen molar-refractivity contribution in [1.82, 2.24) is 10.2 Å². The summed E-state index contributed by atoms with van der Waals surface area (Å²) >= 11 is 2.95. The third-order valence-electron chi connectivity index (χ3n) is 3.62. The van der Waals surface area contributed by atoms with Gasteiger partial charge in [0.2, 0.25) is 5.91 Å². The quantitative estimate of drug-likeness (QED) is 0.681. The van der Waals surface area contributed by atoms with Crippen LogP contribution in [0.1, 0.15) is 6.92 Å². The Morgan fingerprint density at radius 2 is 2.26 bits per heavy atom. The normalized spacial score (nSPS) is 23.2. The highest BCUT2D eigenvalue weighted by Crippen LogP contribution is 2.40. The molecule has 0 aromatic carbocycles. The van der Waals surface area contributed by atoms with Crippen LogP contribution in [0.2, 0.25) is 0 Å². The van der Waals surface area contributed by atoms with E-state index in [9.17, 15) is 19.5 Å². The van der Waals surface area contributed by atoms with E-state index in [1.165, 1.54) is 28.0 Å². The zero-order valence-corrected chi connectivity index (χ0v) is 13.9. The smallest absolute Gasteiger partial charge is 0.352 e. The van der Waals surface area contributed by atoms with Gasteiger partial charge in [0.1, 0.15) is 17.1 Å². The standard InChI is InChI=1S/C14H15N3O4S2/c1-7-6-23-13-10(12(19)17(13)11(7)14(20)21)16-8(18)5-15-9-3-2-4-22-9/h2-4,10,13,15H,5-6H2,1H3,(H,16,18)(H,20,21)/t10-,13-/m1/s1. The number of carbonyl (C=O) groups excluding carboxylic acids is 2. The molecule has 3 rings (SSSR count). The van der Waals surface area contributed by atoms with E-state index in [0.29, 0.717) is 11.3 Å². The minimum absolute atomic E-state index is 0.0426. The van der Waals surface area contributed by atoms with Crippen LogP contribution in [0.3, 0.4) is 0 Å². The number of anilines is 1. The third-order valence-corrected chi connectivity index (χ3v) is 5.87. The second kappa shape index (κ2) is 6.25. The molecule has 1 saturated heterocycles. The average Bonchev–Trinajstić information content (AvgIpc) is 3.03. The molecule has 1 aromatic heterocycles. The summed E-state index contributed by atoms with van der Waals surface area (Å²) in [7, 11) is 0. The highest BCUT2D eigenvalue weighted by atomic mass is 32.2. The topological polar surface area (TPSA) is 98.7 Å². The highest BCUT2D eigenvalue weighted by molar-refractivity contribution is 8.00. The van der Waals surface area contributed by atoms with Crippen LogP contribution in [-0.4, -0.2) is 51.5 Å². The fraction of sp³-hybridized carbons (Fsp3) is 0.357. The predicted octanol–water partition coefficient (Wildman–Crippen LogP) is 0.918. The maximum absolute atomic E-state index is 12.2. The van der Waals surface area contributed by atoms with Crippen molar-refractivity contribution in [3.63, 3.8) is 0 Å². The van der Waals surface area contributed by atoms with Crippen molar-refractivity contribution in [2.24, 2.45) is 0 Å². The zero-order valence-electron chi connectivity index (χ0n) is 12.2. The van der Waals surface area contributed by atoms with Crippen molar-refractivity contribution < 1.29 is 19.5 Å². The lowest BCUT2D eigenvalue weighted by Gasteiger charge is -2.49. The molecular weight excluding hydrogens is 338 g/mol. The number of aliphatic carboxylic acids is 1. The fourth-order valence-corrected chi connectivity index (χ4v) is 4.46. The molecule has 1 aromatic rings. The first kappa shape index (κ1) is 15.9. The molecule has 7 nitrogen and oxygen atoms in total. The molecule has 2 amide bonds. The summed E-state index contributed by atoms with van der Waals surface area (Å²) in [5.41, 5.74) is 0.706. The molecular formula is C14H15N3O4S2. The molecule has 0 saturated carbocycles. The molecule has 3 N–H and O–H groups in total. The van der Waals surface area contributed by atoms with Crippen molar-refractivity contribution in [3.8, 4) is 0 Å². The summed E-state index contributed by atoms with van der Waals surface area (Å²) in [6.07, 6.45) is 0. The molecule has 0 spiro atoms. The van der Waals surface area contributed by atoms with Crippen molar-refractivity contribution in [2.75, 3.05) is 17.6 Å². The van der Waals surface area contributed by atoms with E-state index in [2.05, 4.69) is 10.6 Å². The highest BCUT2D eigenvalue weighted by Gasteiger charge is 2.53. The predicted molar refractivity (Wildman–Crippen MR) is 88.2 cm³/mol. The lowest BCUT2D eigenvalue weighted by molar-refractivity contribution is -0.150. The van der Waals surface area contributed by atoms with Crippen LogP contribution in [0.15, 0.2) is 28.8 Å². The van der Waals surface area contributed by atoms with E-state index < -0.39 is 12.0 Å². The van der Waals surface area contributed by atoms with Crippen molar-refractivity contribution >= 4 is 45.9 Å². The van der Waals surface area contributed by atoms with Gasteiger partial charge >= 0.3 is 5.97 Å². The number of carboxylic acids is 1. The molecule has 122 valence electrons. The summed E-state index contributed by atoms with van der Waals surface area (Å²) in [6, 6.07) is 3.07. The van der Waals surface area contributed by atoms with Crippen LogP contribution in [0.4, 0.5) is 5.00 Å². The number of rotatable bonds is 5. The summed E-state index contributed by atoms with van der Waals surface area (Å²) in [5.74, 6) is -1.23. The molecule has 23 heavy (non-hydrogen) atoms. The van der Waals surface area contributed by atoms with Gasteiger partial charge in [-0.05, 0) is 30.0 Å². The minimum atomic E-state index is -1.11. The molecule has 0 unspecified atom stereocenters. The molecule has 0 aliphatic carbocycles. The summed E-state index contributed by atoms with van der Waals surface area (Å²) in [6.45, 7) is 1.78. The summed E-state index contributed by atoms with van der Waals surface area (Å²) in [4.78, 5) is 36.7. The lowest BCUT2D eigenvalue weighted by atomic mass is 10.0. The number of carboxylic acid groups (broad SMARTS) is 1. The van der Waals surface area contributed by atoms with Gasteiger partial charge in [-0.25, -0.2) is 4.79 Å². The maximum atomic E-state index is 12.2. The van der Waals surface area contributed by atoms with E-state index in [0.717, 1.165) is 5.00 Å². The van der Waals surface area contributed by atoms with Gasteiger partial charge in [-0.2, -0.15) is 0 Å². The van der Waals surface area contributed by atoms with Crippen LogP contribution in [-0.2, 0) is 14.4 Å². The van der Waals surface area contributed by atoms with Gasteiger partial charge in [0.05, 0.1) is 11.5 Å². The van der Waals surface area contributed by atoms with Crippen LogP contribution in [0.5, 0.6) is 0 Å². The van der Waals surface area contributed by atoms with E-state index in [4.69, 9.17) is 0 Å². The number of carbonyl (C=O) groups is 3. The fourth-order valence-electron chi connectivity index (χ4n) is 2.55. The van der Waals surface area contributed by atoms with E-state index in [1.807, 2.05) is 17.5 Å². The van der Waals surface area contributed by atoms with Crippen LogP contribution >= 0.6 is 23.1 Å².